The lowest BCUT2D eigenvalue weighted by Crippen LogP contribution is -2.49. The molecule has 0 spiro atoms. The average molecular weight is 399 g/mol. The molecule has 3 rings (SSSR count). The summed E-state index contributed by atoms with van der Waals surface area (Å²) in [6, 6.07) is 16.5. The van der Waals surface area contributed by atoms with Crippen LogP contribution in [0.4, 0.5) is 0 Å². The summed E-state index contributed by atoms with van der Waals surface area (Å²) in [5.74, 6) is 0.922. The molecule has 1 saturated heterocycles. The van der Waals surface area contributed by atoms with Crippen LogP contribution >= 0.6 is 11.8 Å². The van der Waals surface area contributed by atoms with Gasteiger partial charge in [-0.25, -0.2) is 0 Å². The number of ether oxygens (including phenoxy) is 1. The van der Waals surface area contributed by atoms with E-state index < -0.39 is 6.04 Å². The predicted octanol–water partition coefficient (Wildman–Crippen LogP) is 3.87. The van der Waals surface area contributed by atoms with Crippen LogP contribution < -0.4 is 10.1 Å². The van der Waals surface area contributed by atoms with Crippen LogP contribution in [0.3, 0.4) is 0 Å². The maximum absolute atomic E-state index is 13.4. The SMILES string of the molecule is CCC(C)NC(=O)C1CSC(c2ccccc2)N1C(=O)c1cccc(OC)c1. The van der Waals surface area contributed by atoms with Crippen LogP contribution in [0.1, 0.15) is 41.6 Å². The van der Waals surface area contributed by atoms with E-state index in [9.17, 15) is 9.59 Å². The van der Waals surface area contributed by atoms with E-state index in [-0.39, 0.29) is 23.2 Å². The molecule has 0 saturated carbocycles. The van der Waals surface area contributed by atoms with E-state index in [4.69, 9.17) is 4.74 Å². The molecule has 148 valence electrons. The van der Waals surface area contributed by atoms with Crippen LogP contribution in [0.15, 0.2) is 54.6 Å². The zero-order valence-electron chi connectivity index (χ0n) is 16.4. The zero-order valence-corrected chi connectivity index (χ0v) is 17.2. The van der Waals surface area contributed by atoms with Gasteiger partial charge in [-0.1, -0.05) is 43.3 Å². The molecule has 2 aromatic rings. The maximum Gasteiger partial charge on any atom is 0.255 e. The fourth-order valence-corrected chi connectivity index (χ4v) is 4.61. The molecule has 1 aliphatic heterocycles. The van der Waals surface area contributed by atoms with Crippen molar-refractivity contribution in [3.8, 4) is 5.75 Å². The molecule has 2 aromatic carbocycles. The van der Waals surface area contributed by atoms with Crippen LogP contribution in [0.25, 0.3) is 0 Å². The summed E-state index contributed by atoms with van der Waals surface area (Å²) in [6.45, 7) is 4.00. The van der Waals surface area contributed by atoms with Crippen molar-refractivity contribution in [1.82, 2.24) is 10.2 Å². The van der Waals surface area contributed by atoms with Crippen LogP contribution in [-0.4, -0.2) is 41.7 Å². The zero-order chi connectivity index (χ0) is 20.1. The molecule has 1 fully saturated rings. The van der Waals surface area contributed by atoms with Crippen LogP contribution in [0, 0.1) is 0 Å². The molecule has 3 atom stereocenters. The molecule has 1 heterocycles. The Morgan fingerprint density at radius 1 is 1.21 bits per heavy atom. The molecular formula is C22H26N2O3S. The van der Waals surface area contributed by atoms with Gasteiger partial charge in [0.25, 0.3) is 5.91 Å². The molecule has 0 radical (unpaired) electrons. The van der Waals surface area contributed by atoms with Gasteiger partial charge in [-0.15, -0.1) is 11.8 Å². The third-order valence-corrected chi connectivity index (χ3v) is 6.26. The van der Waals surface area contributed by atoms with E-state index >= 15 is 0 Å². The minimum Gasteiger partial charge on any atom is -0.497 e. The Labute approximate surface area is 170 Å². The lowest BCUT2D eigenvalue weighted by Gasteiger charge is -2.30. The quantitative estimate of drug-likeness (QED) is 0.803. The van der Waals surface area contributed by atoms with Gasteiger partial charge in [0.2, 0.25) is 5.91 Å². The Hall–Kier alpha value is -2.47. The van der Waals surface area contributed by atoms with E-state index in [1.54, 1.807) is 48.0 Å². The molecule has 1 aliphatic rings. The number of nitrogens with one attached hydrogen (secondary N) is 1. The van der Waals surface area contributed by atoms with Gasteiger partial charge in [0.05, 0.1) is 7.11 Å². The molecule has 2 amide bonds. The third kappa shape index (κ3) is 4.33. The highest BCUT2D eigenvalue weighted by Crippen LogP contribution is 2.42. The Morgan fingerprint density at radius 3 is 2.64 bits per heavy atom. The molecule has 0 aliphatic carbocycles. The Bertz CT molecular complexity index is 828. The second-order valence-electron chi connectivity index (χ2n) is 6.87. The summed E-state index contributed by atoms with van der Waals surface area (Å²) in [5.41, 5.74) is 1.53. The normalized spacial score (nSPS) is 19.9. The van der Waals surface area contributed by atoms with Crippen LogP contribution in [0.2, 0.25) is 0 Å². The molecule has 0 bridgehead atoms. The van der Waals surface area contributed by atoms with Crippen molar-refractivity contribution in [3.63, 3.8) is 0 Å². The predicted molar refractivity (Wildman–Crippen MR) is 112 cm³/mol. The van der Waals surface area contributed by atoms with Crippen molar-refractivity contribution in [2.45, 2.75) is 37.7 Å². The van der Waals surface area contributed by atoms with Gasteiger partial charge in [-0.2, -0.15) is 0 Å². The summed E-state index contributed by atoms with van der Waals surface area (Å²) in [4.78, 5) is 28.1. The summed E-state index contributed by atoms with van der Waals surface area (Å²) in [5, 5.41) is 2.83. The molecule has 3 unspecified atom stereocenters. The number of thioether (sulfide) groups is 1. The highest BCUT2D eigenvalue weighted by molar-refractivity contribution is 7.99. The van der Waals surface area contributed by atoms with Gasteiger partial charge in [0.15, 0.2) is 0 Å². The third-order valence-electron chi connectivity index (χ3n) is 4.94. The van der Waals surface area contributed by atoms with E-state index in [2.05, 4.69) is 5.32 Å². The highest BCUT2D eigenvalue weighted by Gasteiger charge is 2.42. The lowest BCUT2D eigenvalue weighted by molar-refractivity contribution is -0.125. The molecule has 5 nitrogen and oxygen atoms in total. The minimum atomic E-state index is -0.511. The molecule has 28 heavy (non-hydrogen) atoms. The molecule has 0 aromatic heterocycles. The number of hydrogen-bond acceptors (Lipinski definition) is 4. The van der Waals surface area contributed by atoms with E-state index in [1.807, 2.05) is 44.2 Å². The Kier molecular flexibility index (Phi) is 6.62. The van der Waals surface area contributed by atoms with Crippen molar-refractivity contribution >= 4 is 23.6 Å². The Balaban J connectivity index is 1.94. The Morgan fingerprint density at radius 2 is 1.96 bits per heavy atom. The maximum atomic E-state index is 13.4. The monoisotopic (exact) mass is 398 g/mol. The summed E-state index contributed by atoms with van der Waals surface area (Å²) in [7, 11) is 1.57. The van der Waals surface area contributed by atoms with Gasteiger partial charge < -0.3 is 15.0 Å². The van der Waals surface area contributed by atoms with Crippen molar-refractivity contribution in [2.75, 3.05) is 12.9 Å². The first-order chi connectivity index (χ1) is 13.5. The lowest BCUT2D eigenvalue weighted by atomic mass is 10.1. The van der Waals surface area contributed by atoms with Gasteiger partial charge in [0, 0.05) is 17.4 Å². The topological polar surface area (TPSA) is 58.6 Å². The van der Waals surface area contributed by atoms with E-state index in [0.29, 0.717) is 17.1 Å². The number of hydrogen-bond donors (Lipinski definition) is 1. The first kappa shape index (κ1) is 20.3. The number of nitrogens with zero attached hydrogens (tertiary/aromatic N) is 1. The molecular weight excluding hydrogens is 372 g/mol. The first-order valence-electron chi connectivity index (χ1n) is 9.48. The fourth-order valence-electron chi connectivity index (χ4n) is 3.18. The number of rotatable bonds is 6. The summed E-state index contributed by atoms with van der Waals surface area (Å²) >= 11 is 1.62. The molecule has 6 heteroatoms. The van der Waals surface area contributed by atoms with Crippen molar-refractivity contribution in [3.05, 3.63) is 65.7 Å². The number of carbonyl (C=O) groups is 2. The van der Waals surface area contributed by atoms with Crippen molar-refractivity contribution < 1.29 is 14.3 Å². The summed E-state index contributed by atoms with van der Waals surface area (Å²) in [6.07, 6.45) is 0.845. The second-order valence-corrected chi connectivity index (χ2v) is 7.99. The molecule has 1 N–H and O–H groups in total. The van der Waals surface area contributed by atoms with E-state index in [1.165, 1.54) is 0 Å². The summed E-state index contributed by atoms with van der Waals surface area (Å²) < 4.78 is 5.27. The average Bonchev–Trinajstić information content (AvgIpc) is 3.19. The fraction of sp³-hybridized carbons (Fsp3) is 0.364. The second kappa shape index (κ2) is 9.15. The first-order valence-corrected chi connectivity index (χ1v) is 10.5. The van der Waals surface area contributed by atoms with Gasteiger partial charge in [-0.05, 0) is 37.1 Å². The number of benzene rings is 2. The number of methoxy groups -OCH3 is 1. The minimum absolute atomic E-state index is 0.0713. The largest absolute Gasteiger partial charge is 0.497 e. The van der Waals surface area contributed by atoms with Crippen LogP contribution in [0.5, 0.6) is 5.75 Å². The standard InChI is InChI=1S/C22H26N2O3S/c1-4-15(2)23-20(25)19-14-28-22(16-9-6-5-7-10-16)24(19)21(26)17-11-8-12-18(13-17)27-3/h5-13,15,19,22H,4,14H2,1-3H3,(H,23,25). The smallest absolute Gasteiger partial charge is 0.255 e. The van der Waals surface area contributed by atoms with Crippen molar-refractivity contribution in [1.29, 1.82) is 0 Å². The van der Waals surface area contributed by atoms with E-state index in [0.717, 1.165) is 12.0 Å². The van der Waals surface area contributed by atoms with Gasteiger partial charge in [0.1, 0.15) is 17.2 Å². The number of amides is 2. The van der Waals surface area contributed by atoms with Crippen molar-refractivity contribution in [2.24, 2.45) is 0 Å². The van der Waals surface area contributed by atoms with Gasteiger partial charge in [-0.3, -0.25) is 9.59 Å². The van der Waals surface area contributed by atoms with Gasteiger partial charge >= 0.3 is 0 Å². The number of carbonyl (C=O) groups excluding carboxylic acids is 2. The van der Waals surface area contributed by atoms with Crippen LogP contribution in [-0.2, 0) is 4.79 Å². The highest BCUT2D eigenvalue weighted by atomic mass is 32.2.